The van der Waals surface area contributed by atoms with E-state index >= 15 is 0 Å². The average Bonchev–Trinajstić information content (AvgIpc) is 2.43. The molecule has 1 aliphatic rings. The minimum Gasteiger partial charge on any atom is -0.374 e. The zero-order valence-corrected chi connectivity index (χ0v) is 10.0. The summed E-state index contributed by atoms with van der Waals surface area (Å²) in [4.78, 5) is 0. The molecule has 15 heavy (non-hydrogen) atoms. The van der Waals surface area contributed by atoms with Crippen LogP contribution in [0.4, 0.5) is 0 Å². The average molecular weight is 210 g/mol. The molecule has 0 aromatic heterocycles. The Morgan fingerprint density at radius 1 is 1.47 bits per heavy atom. The molecule has 1 heterocycles. The van der Waals surface area contributed by atoms with Gasteiger partial charge in [0.25, 0.3) is 0 Å². The maximum absolute atomic E-state index is 5.67. The summed E-state index contributed by atoms with van der Waals surface area (Å²) in [5, 5.41) is 0. The van der Waals surface area contributed by atoms with Crippen LogP contribution in [0.15, 0.2) is 24.3 Å². The molecule has 0 spiro atoms. The zero-order valence-electron chi connectivity index (χ0n) is 10.0. The van der Waals surface area contributed by atoms with Crippen LogP contribution in [0.1, 0.15) is 33.6 Å². The molecular weight excluding hydrogens is 188 g/mol. The Morgan fingerprint density at radius 3 is 3.00 bits per heavy atom. The molecule has 0 amide bonds. The first-order valence-electron chi connectivity index (χ1n) is 5.74. The lowest BCUT2D eigenvalue weighted by Crippen LogP contribution is -2.22. The lowest BCUT2D eigenvalue weighted by Gasteiger charge is -2.21. The van der Waals surface area contributed by atoms with E-state index in [0.717, 1.165) is 26.1 Å². The summed E-state index contributed by atoms with van der Waals surface area (Å²) in [6.07, 6.45) is 10.8. The van der Waals surface area contributed by atoms with Gasteiger partial charge in [0.05, 0.1) is 18.3 Å². The van der Waals surface area contributed by atoms with Crippen molar-refractivity contribution in [3.05, 3.63) is 24.3 Å². The van der Waals surface area contributed by atoms with E-state index in [1.165, 1.54) is 0 Å². The summed E-state index contributed by atoms with van der Waals surface area (Å²) in [6, 6.07) is 0. The molecule has 0 aromatic carbocycles. The van der Waals surface area contributed by atoms with Crippen LogP contribution in [0.5, 0.6) is 0 Å². The third-order valence-electron chi connectivity index (χ3n) is 2.38. The van der Waals surface area contributed by atoms with Crippen LogP contribution in [-0.4, -0.2) is 24.9 Å². The molecule has 0 radical (unpaired) electrons. The van der Waals surface area contributed by atoms with Gasteiger partial charge in [-0.2, -0.15) is 0 Å². The normalized spacial score (nSPS) is 23.3. The van der Waals surface area contributed by atoms with Crippen LogP contribution in [0.25, 0.3) is 0 Å². The van der Waals surface area contributed by atoms with Gasteiger partial charge in [0.2, 0.25) is 0 Å². The third-order valence-corrected chi connectivity index (χ3v) is 2.38. The molecule has 1 atom stereocenters. The molecule has 0 fully saturated rings. The van der Waals surface area contributed by atoms with Gasteiger partial charge in [-0.3, -0.25) is 0 Å². The first kappa shape index (κ1) is 12.5. The Hall–Kier alpha value is -0.600. The lowest BCUT2D eigenvalue weighted by atomic mass is 10.1. The minimum absolute atomic E-state index is 0.186. The maximum Gasteiger partial charge on any atom is 0.0807 e. The van der Waals surface area contributed by atoms with Crippen LogP contribution < -0.4 is 0 Å². The van der Waals surface area contributed by atoms with Crippen molar-refractivity contribution in [2.24, 2.45) is 0 Å². The summed E-state index contributed by atoms with van der Waals surface area (Å²) in [6.45, 7) is 7.71. The molecule has 0 N–H and O–H groups in total. The standard InChI is InChI=1S/C13H22O2/c1-4-15-13(2,3)10-9-12-8-6-5-7-11-14-12/h5-6,9-10,12H,4,7-8,11H2,1-3H3. The second-order valence-corrected chi connectivity index (χ2v) is 4.30. The highest BCUT2D eigenvalue weighted by Crippen LogP contribution is 2.14. The molecule has 0 aromatic rings. The number of hydrogen-bond acceptors (Lipinski definition) is 2. The van der Waals surface area contributed by atoms with Gasteiger partial charge in [-0.1, -0.05) is 24.3 Å². The summed E-state index contributed by atoms with van der Waals surface area (Å²) in [5.74, 6) is 0. The molecule has 0 aliphatic carbocycles. The smallest absolute Gasteiger partial charge is 0.0807 e. The van der Waals surface area contributed by atoms with E-state index in [4.69, 9.17) is 9.47 Å². The van der Waals surface area contributed by atoms with Crippen LogP contribution in [0.2, 0.25) is 0 Å². The predicted molar refractivity (Wildman–Crippen MR) is 63.0 cm³/mol. The number of rotatable bonds is 4. The quantitative estimate of drug-likeness (QED) is 0.664. The minimum atomic E-state index is -0.186. The molecule has 1 unspecified atom stereocenters. The van der Waals surface area contributed by atoms with Gasteiger partial charge in [-0.25, -0.2) is 0 Å². The van der Waals surface area contributed by atoms with Crippen molar-refractivity contribution < 1.29 is 9.47 Å². The van der Waals surface area contributed by atoms with E-state index in [2.05, 4.69) is 38.2 Å². The summed E-state index contributed by atoms with van der Waals surface area (Å²) in [7, 11) is 0. The number of ether oxygens (including phenoxy) is 2. The van der Waals surface area contributed by atoms with Gasteiger partial charge < -0.3 is 9.47 Å². The van der Waals surface area contributed by atoms with Crippen LogP contribution in [-0.2, 0) is 9.47 Å². The Bertz CT molecular complexity index is 229. The van der Waals surface area contributed by atoms with Gasteiger partial charge in [-0.15, -0.1) is 0 Å². The summed E-state index contributed by atoms with van der Waals surface area (Å²) < 4.78 is 11.3. The Morgan fingerprint density at radius 2 is 2.27 bits per heavy atom. The van der Waals surface area contributed by atoms with Gasteiger partial charge in [-0.05, 0) is 33.6 Å². The van der Waals surface area contributed by atoms with Crippen LogP contribution in [0, 0.1) is 0 Å². The van der Waals surface area contributed by atoms with Crippen molar-refractivity contribution in [3.63, 3.8) is 0 Å². The van der Waals surface area contributed by atoms with E-state index in [1.807, 2.05) is 6.92 Å². The van der Waals surface area contributed by atoms with Crippen molar-refractivity contribution in [2.75, 3.05) is 13.2 Å². The zero-order chi connectivity index (χ0) is 11.1. The fourth-order valence-electron chi connectivity index (χ4n) is 1.60. The number of hydrogen-bond donors (Lipinski definition) is 0. The Labute approximate surface area is 93.0 Å². The highest BCUT2D eigenvalue weighted by atomic mass is 16.5. The highest BCUT2D eigenvalue weighted by Gasteiger charge is 2.14. The van der Waals surface area contributed by atoms with E-state index in [9.17, 15) is 0 Å². The maximum atomic E-state index is 5.67. The topological polar surface area (TPSA) is 18.5 Å². The third kappa shape index (κ3) is 5.14. The molecule has 2 heteroatoms. The first-order valence-corrected chi connectivity index (χ1v) is 5.74. The van der Waals surface area contributed by atoms with Crippen molar-refractivity contribution >= 4 is 0 Å². The molecule has 1 aliphatic heterocycles. The van der Waals surface area contributed by atoms with E-state index in [1.54, 1.807) is 0 Å². The molecule has 0 saturated carbocycles. The fourth-order valence-corrected chi connectivity index (χ4v) is 1.60. The molecule has 86 valence electrons. The van der Waals surface area contributed by atoms with Gasteiger partial charge in [0.1, 0.15) is 0 Å². The molecule has 0 saturated heterocycles. The van der Waals surface area contributed by atoms with E-state index in [0.29, 0.717) is 0 Å². The second-order valence-electron chi connectivity index (χ2n) is 4.30. The first-order chi connectivity index (χ1) is 7.14. The monoisotopic (exact) mass is 210 g/mol. The van der Waals surface area contributed by atoms with Gasteiger partial charge in [0, 0.05) is 6.61 Å². The lowest BCUT2D eigenvalue weighted by molar-refractivity contribution is 0.0264. The largest absolute Gasteiger partial charge is 0.374 e. The van der Waals surface area contributed by atoms with Crippen molar-refractivity contribution in [3.8, 4) is 0 Å². The van der Waals surface area contributed by atoms with Crippen molar-refractivity contribution in [2.45, 2.75) is 45.3 Å². The molecule has 1 rings (SSSR count). The highest BCUT2D eigenvalue weighted by molar-refractivity contribution is 5.03. The van der Waals surface area contributed by atoms with Gasteiger partial charge in [0.15, 0.2) is 0 Å². The SMILES string of the molecule is CCOC(C)(C)C=CC1CC=CCCO1. The summed E-state index contributed by atoms with van der Waals surface area (Å²) in [5.41, 5.74) is -0.186. The van der Waals surface area contributed by atoms with Crippen LogP contribution >= 0.6 is 0 Å². The predicted octanol–water partition coefficient (Wildman–Crippen LogP) is 3.09. The van der Waals surface area contributed by atoms with E-state index in [-0.39, 0.29) is 11.7 Å². The molecular formula is C13H22O2. The molecule has 0 bridgehead atoms. The van der Waals surface area contributed by atoms with Crippen molar-refractivity contribution in [1.82, 2.24) is 0 Å². The summed E-state index contributed by atoms with van der Waals surface area (Å²) >= 11 is 0. The van der Waals surface area contributed by atoms with E-state index < -0.39 is 0 Å². The Kier molecular flexibility index (Phi) is 5.06. The van der Waals surface area contributed by atoms with Crippen molar-refractivity contribution in [1.29, 1.82) is 0 Å². The van der Waals surface area contributed by atoms with Gasteiger partial charge >= 0.3 is 0 Å². The second kappa shape index (κ2) is 6.09. The molecule has 2 nitrogen and oxygen atoms in total. The Balaban J connectivity index is 2.44. The van der Waals surface area contributed by atoms with Crippen LogP contribution in [0.3, 0.4) is 0 Å². The fraction of sp³-hybridized carbons (Fsp3) is 0.692.